The summed E-state index contributed by atoms with van der Waals surface area (Å²) in [6.07, 6.45) is 0.819. The molecule has 1 aromatic rings. The molecule has 130 valence electrons. The SMILES string of the molecule is CN=C(NCCC(=O)N(C)C)NC1CC(=O)N(c2ccccc2)C1. The number of nitrogens with zero attached hydrogens (tertiary/aromatic N) is 3. The van der Waals surface area contributed by atoms with E-state index in [9.17, 15) is 9.59 Å². The minimum atomic E-state index is -0.00606. The maximum atomic E-state index is 12.2. The van der Waals surface area contributed by atoms with Crippen LogP contribution in [0.25, 0.3) is 0 Å². The van der Waals surface area contributed by atoms with Crippen LogP contribution in [0, 0.1) is 0 Å². The number of nitrogens with one attached hydrogen (secondary N) is 2. The molecule has 1 unspecified atom stereocenters. The van der Waals surface area contributed by atoms with Crippen molar-refractivity contribution in [2.75, 3.05) is 39.1 Å². The second-order valence-electron chi connectivity index (χ2n) is 5.92. The zero-order chi connectivity index (χ0) is 17.5. The molecule has 2 N–H and O–H groups in total. The molecule has 24 heavy (non-hydrogen) atoms. The average Bonchev–Trinajstić information content (AvgIpc) is 2.94. The predicted molar refractivity (Wildman–Crippen MR) is 95.0 cm³/mol. The Balaban J connectivity index is 1.84. The van der Waals surface area contributed by atoms with Crippen molar-refractivity contribution in [3.05, 3.63) is 30.3 Å². The number of benzene rings is 1. The summed E-state index contributed by atoms with van der Waals surface area (Å²) in [5.41, 5.74) is 0.909. The monoisotopic (exact) mass is 331 g/mol. The number of rotatable bonds is 5. The highest BCUT2D eigenvalue weighted by Gasteiger charge is 2.30. The molecule has 0 saturated carbocycles. The van der Waals surface area contributed by atoms with Crippen LogP contribution in [-0.4, -0.2) is 62.9 Å². The molecule has 1 aliphatic rings. The molecule has 1 saturated heterocycles. The van der Waals surface area contributed by atoms with E-state index in [2.05, 4.69) is 15.6 Å². The molecule has 0 radical (unpaired) electrons. The van der Waals surface area contributed by atoms with E-state index >= 15 is 0 Å². The van der Waals surface area contributed by atoms with E-state index in [1.54, 1.807) is 30.9 Å². The van der Waals surface area contributed by atoms with Gasteiger partial charge in [0.2, 0.25) is 11.8 Å². The average molecular weight is 331 g/mol. The van der Waals surface area contributed by atoms with Crippen LogP contribution in [0.1, 0.15) is 12.8 Å². The predicted octanol–water partition coefficient (Wildman–Crippen LogP) is 0.435. The fourth-order valence-corrected chi connectivity index (χ4v) is 2.56. The molecule has 7 nitrogen and oxygen atoms in total. The lowest BCUT2D eigenvalue weighted by molar-refractivity contribution is -0.128. The fraction of sp³-hybridized carbons (Fsp3) is 0.471. The van der Waals surface area contributed by atoms with Crippen LogP contribution in [0.15, 0.2) is 35.3 Å². The highest BCUT2D eigenvalue weighted by Crippen LogP contribution is 2.20. The van der Waals surface area contributed by atoms with Crippen molar-refractivity contribution >= 4 is 23.5 Å². The summed E-state index contributed by atoms with van der Waals surface area (Å²) in [7, 11) is 5.14. The van der Waals surface area contributed by atoms with E-state index in [0.717, 1.165) is 5.69 Å². The van der Waals surface area contributed by atoms with E-state index in [1.165, 1.54) is 0 Å². The number of aliphatic imine (C=N–C) groups is 1. The molecule has 0 aliphatic carbocycles. The van der Waals surface area contributed by atoms with Crippen LogP contribution in [0.3, 0.4) is 0 Å². The van der Waals surface area contributed by atoms with Gasteiger partial charge in [0.15, 0.2) is 5.96 Å². The van der Waals surface area contributed by atoms with Gasteiger partial charge >= 0.3 is 0 Å². The van der Waals surface area contributed by atoms with Gasteiger partial charge in [0.1, 0.15) is 0 Å². The Bertz CT molecular complexity index is 600. The van der Waals surface area contributed by atoms with Crippen LogP contribution in [0.4, 0.5) is 5.69 Å². The van der Waals surface area contributed by atoms with Gasteiger partial charge in [0, 0.05) is 52.8 Å². The van der Waals surface area contributed by atoms with E-state index in [4.69, 9.17) is 0 Å². The summed E-state index contributed by atoms with van der Waals surface area (Å²) in [5, 5.41) is 6.36. The van der Waals surface area contributed by atoms with Gasteiger partial charge in [0.05, 0.1) is 6.04 Å². The van der Waals surface area contributed by atoms with Crippen molar-refractivity contribution in [2.45, 2.75) is 18.9 Å². The number of hydrogen-bond donors (Lipinski definition) is 2. The van der Waals surface area contributed by atoms with Crippen molar-refractivity contribution < 1.29 is 9.59 Å². The molecule has 0 bridgehead atoms. The molecule has 0 spiro atoms. The maximum Gasteiger partial charge on any atom is 0.229 e. The molecule has 1 atom stereocenters. The van der Waals surface area contributed by atoms with Crippen molar-refractivity contribution in [1.82, 2.24) is 15.5 Å². The van der Waals surface area contributed by atoms with E-state index in [1.807, 2.05) is 30.3 Å². The molecule has 0 aromatic heterocycles. The fourth-order valence-electron chi connectivity index (χ4n) is 2.56. The number of hydrogen-bond acceptors (Lipinski definition) is 3. The van der Waals surface area contributed by atoms with E-state index < -0.39 is 0 Å². The first kappa shape index (κ1) is 17.8. The van der Waals surface area contributed by atoms with Gasteiger partial charge in [-0.1, -0.05) is 18.2 Å². The number of carbonyl (C=O) groups is 2. The van der Waals surface area contributed by atoms with Crippen molar-refractivity contribution in [3.63, 3.8) is 0 Å². The lowest BCUT2D eigenvalue weighted by Gasteiger charge is -2.19. The summed E-state index contributed by atoms with van der Waals surface area (Å²) in [6.45, 7) is 1.10. The quantitative estimate of drug-likeness (QED) is 0.606. The molecule has 1 heterocycles. The molecular formula is C17H25N5O2. The van der Waals surface area contributed by atoms with Gasteiger partial charge in [-0.25, -0.2) is 0 Å². The first-order valence-corrected chi connectivity index (χ1v) is 8.04. The highest BCUT2D eigenvalue weighted by atomic mass is 16.2. The molecule has 2 rings (SSSR count). The Kier molecular flexibility index (Phi) is 6.17. The summed E-state index contributed by atoms with van der Waals surface area (Å²) in [6, 6.07) is 9.63. The molecule has 7 heteroatoms. The molecule has 1 aliphatic heterocycles. The topological polar surface area (TPSA) is 77.0 Å². The van der Waals surface area contributed by atoms with E-state index in [-0.39, 0.29) is 17.9 Å². The second kappa shape index (κ2) is 8.33. The van der Waals surface area contributed by atoms with Crippen LogP contribution in [-0.2, 0) is 9.59 Å². The smallest absolute Gasteiger partial charge is 0.229 e. The Hall–Kier alpha value is -2.57. The van der Waals surface area contributed by atoms with Crippen molar-refractivity contribution in [1.29, 1.82) is 0 Å². The lowest BCUT2D eigenvalue weighted by Crippen LogP contribution is -2.45. The Morgan fingerprint density at radius 3 is 2.67 bits per heavy atom. The van der Waals surface area contributed by atoms with Crippen molar-refractivity contribution in [3.8, 4) is 0 Å². The normalized spacial score (nSPS) is 17.8. The van der Waals surface area contributed by atoms with Crippen LogP contribution in [0.2, 0.25) is 0 Å². The van der Waals surface area contributed by atoms with Gasteiger partial charge in [0.25, 0.3) is 0 Å². The molecule has 2 amide bonds. The Morgan fingerprint density at radius 1 is 1.33 bits per heavy atom. The van der Waals surface area contributed by atoms with Crippen LogP contribution in [0.5, 0.6) is 0 Å². The number of carbonyl (C=O) groups excluding carboxylic acids is 2. The molecule has 1 fully saturated rings. The summed E-state index contributed by atoms with van der Waals surface area (Å²) >= 11 is 0. The summed E-state index contributed by atoms with van der Waals surface area (Å²) < 4.78 is 0. The van der Waals surface area contributed by atoms with Gasteiger partial charge in [-0.15, -0.1) is 0 Å². The zero-order valence-corrected chi connectivity index (χ0v) is 14.5. The first-order valence-electron chi connectivity index (χ1n) is 8.04. The lowest BCUT2D eigenvalue weighted by atomic mass is 10.2. The number of para-hydroxylation sites is 1. The zero-order valence-electron chi connectivity index (χ0n) is 14.5. The van der Waals surface area contributed by atoms with Crippen LogP contribution >= 0.6 is 0 Å². The van der Waals surface area contributed by atoms with Gasteiger partial charge in [-0.2, -0.15) is 0 Å². The summed E-state index contributed by atoms with van der Waals surface area (Å²) in [4.78, 5) is 31.3. The minimum Gasteiger partial charge on any atom is -0.356 e. The summed E-state index contributed by atoms with van der Waals surface area (Å²) in [5.74, 6) is 0.760. The maximum absolute atomic E-state index is 12.2. The third-order valence-electron chi connectivity index (χ3n) is 3.89. The molecule has 1 aromatic carbocycles. The number of anilines is 1. The molecular weight excluding hydrogens is 306 g/mol. The minimum absolute atomic E-state index is 0.00606. The Morgan fingerprint density at radius 2 is 2.04 bits per heavy atom. The van der Waals surface area contributed by atoms with Gasteiger partial charge in [-0.3, -0.25) is 14.6 Å². The van der Waals surface area contributed by atoms with Crippen LogP contribution < -0.4 is 15.5 Å². The first-order chi connectivity index (χ1) is 11.5. The number of amides is 2. The standard InChI is InChI=1S/C17H25N5O2/c1-18-17(19-10-9-15(23)21(2)3)20-13-11-16(24)22(12-13)14-7-5-4-6-8-14/h4-8,13H,9-12H2,1-3H3,(H2,18,19,20). The highest BCUT2D eigenvalue weighted by molar-refractivity contribution is 5.97. The largest absolute Gasteiger partial charge is 0.356 e. The third-order valence-corrected chi connectivity index (χ3v) is 3.89. The second-order valence-corrected chi connectivity index (χ2v) is 5.92. The van der Waals surface area contributed by atoms with Gasteiger partial charge in [-0.05, 0) is 12.1 Å². The number of guanidine groups is 1. The van der Waals surface area contributed by atoms with E-state index in [0.29, 0.717) is 31.9 Å². The van der Waals surface area contributed by atoms with Gasteiger partial charge < -0.3 is 20.4 Å². The Labute approximate surface area is 142 Å². The van der Waals surface area contributed by atoms with Crippen molar-refractivity contribution in [2.24, 2.45) is 4.99 Å². The third kappa shape index (κ3) is 4.71.